The monoisotopic (exact) mass is 485 g/mol. The van der Waals surface area contributed by atoms with Crippen molar-refractivity contribution in [3.63, 3.8) is 0 Å². The van der Waals surface area contributed by atoms with E-state index in [2.05, 4.69) is 15.9 Å². The molecule has 29 heavy (non-hydrogen) atoms. The molecule has 0 fully saturated rings. The Morgan fingerprint density at radius 1 is 1.07 bits per heavy atom. The van der Waals surface area contributed by atoms with Gasteiger partial charge in [-0.2, -0.15) is 4.31 Å². The normalized spacial score (nSPS) is 11.3. The first-order valence-corrected chi connectivity index (χ1v) is 11.3. The summed E-state index contributed by atoms with van der Waals surface area (Å²) < 4.78 is 43.8. The van der Waals surface area contributed by atoms with Crippen LogP contribution >= 0.6 is 15.9 Å². The quantitative estimate of drug-likeness (QED) is 0.376. The van der Waals surface area contributed by atoms with Crippen molar-refractivity contribution < 1.29 is 27.4 Å². The highest BCUT2D eigenvalue weighted by molar-refractivity contribution is 9.10. The minimum absolute atomic E-state index is 0.0233. The molecule has 0 saturated heterocycles. The summed E-state index contributed by atoms with van der Waals surface area (Å²) in [5.74, 6) is 0.181. The number of carbonyl (C=O) groups is 1. The van der Waals surface area contributed by atoms with Crippen LogP contribution in [-0.4, -0.2) is 52.1 Å². The number of nitrogens with zero attached hydrogens (tertiary/aromatic N) is 1. The van der Waals surface area contributed by atoms with Crippen LogP contribution in [0.2, 0.25) is 0 Å². The van der Waals surface area contributed by atoms with Crippen LogP contribution in [0.5, 0.6) is 11.5 Å². The van der Waals surface area contributed by atoms with Crippen LogP contribution in [0.3, 0.4) is 0 Å². The van der Waals surface area contributed by atoms with Gasteiger partial charge in [-0.25, -0.2) is 13.2 Å². The van der Waals surface area contributed by atoms with Gasteiger partial charge < -0.3 is 14.2 Å². The highest BCUT2D eigenvalue weighted by atomic mass is 79.9. The maximum absolute atomic E-state index is 12.9. The number of halogens is 1. The van der Waals surface area contributed by atoms with Gasteiger partial charge >= 0.3 is 5.97 Å². The Hall–Kier alpha value is -2.10. The molecule has 7 nitrogen and oxygen atoms in total. The number of sulfonamides is 1. The van der Waals surface area contributed by atoms with Crippen LogP contribution in [0.4, 0.5) is 0 Å². The van der Waals surface area contributed by atoms with Crippen molar-refractivity contribution in [2.45, 2.75) is 18.7 Å². The Morgan fingerprint density at radius 3 is 2.41 bits per heavy atom. The number of esters is 1. The minimum atomic E-state index is -3.79. The molecule has 0 radical (unpaired) electrons. The Bertz CT molecular complexity index is 944. The van der Waals surface area contributed by atoms with Gasteiger partial charge in [0.05, 0.1) is 12.7 Å². The molecule has 2 aromatic rings. The molecule has 0 unspecified atom stereocenters. The molecule has 0 atom stereocenters. The molecule has 0 aliphatic rings. The van der Waals surface area contributed by atoms with Gasteiger partial charge in [-0.05, 0) is 36.4 Å². The molecule has 2 aromatic carbocycles. The standard InChI is InChI=1S/C20H24BrNO6S/c1-4-22(5-2)29(24,25)19-13-15(9-10-18(19)26-3)20(23)28-12-11-27-17-8-6-7-16(21)14-17/h6-10,13-14H,4-5,11-12H2,1-3H3. The van der Waals surface area contributed by atoms with E-state index in [1.54, 1.807) is 26.0 Å². The van der Waals surface area contributed by atoms with E-state index in [0.29, 0.717) is 18.8 Å². The van der Waals surface area contributed by atoms with E-state index in [9.17, 15) is 13.2 Å². The van der Waals surface area contributed by atoms with Gasteiger partial charge in [0.1, 0.15) is 29.6 Å². The number of methoxy groups -OCH3 is 1. The second kappa shape index (κ2) is 10.6. The van der Waals surface area contributed by atoms with Gasteiger partial charge in [0.2, 0.25) is 10.0 Å². The van der Waals surface area contributed by atoms with Crippen molar-refractivity contribution in [1.82, 2.24) is 4.31 Å². The van der Waals surface area contributed by atoms with Crippen LogP contribution in [0.1, 0.15) is 24.2 Å². The molecule has 0 heterocycles. The van der Waals surface area contributed by atoms with Crippen LogP contribution in [-0.2, 0) is 14.8 Å². The van der Waals surface area contributed by atoms with E-state index >= 15 is 0 Å². The summed E-state index contributed by atoms with van der Waals surface area (Å²) >= 11 is 3.35. The van der Waals surface area contributed by atoms with Crippen molar-refractivity contribution in [3.8, 4) is 11.5 Å². The Morgan fingerprint density at radius 2 is 1.79 bits per heavy atom. The molecule has 0 aliphatic heterocycles. The maximum Gasteiger partial charge on any atom is 0.338 e. The third kappa shape index (κ3) is 5.94. The van der Waals surface area contributed by atoms with E-state index in [1.807, 2.05) is 12.1 Å². The van der Waals surface area contributed by atoms with Crippen molar-refractivity contribution in [1.29, 1.82) is 0 Å². The first kappa shape index (κ1) is 23.2. The lowest BCUT2D eigenvalue weighted by Gasteiger charge is -2.20. The molecule has 0 aromatic heterocycles. The summed E-state index contributed by atoms with van der Waals surface area (Å²) in [7, 11) is -2.41. The predicted octanol–water partition coefficient (Wildman–Crippen LogP) is 3.72. The van der Waals surface area contributed by atoms with Gasteiger partial charge in [-0.1, -0.05) is 35.8 Å². The highest BCUT2D eigenvalue weighted by Crippen LogP contribution is 2.28. The van der Waals surface area contributed by atoms with Crippen LogP contribution in [0, 0.1) is 0 Å². The molecule has 158 valence electrons. The largest absolute Gasteiger partial charge is 0.495 e. The zero-order valence-electron chi connectivity index (χ0n) is 16.6. The van der Waals surface area contributed by atoms with Crippen LogP contribution in [0.25, 0.3) is 0 Å². The summed E-state index contributed by atoms with van der Waals surface area (Å²) in [6, 6.07) is 11.5. The summed E-state index contributed by atoms with van der Waals surface area (Å²) in [6.07, 6.45) is 0. The first-order chi connectivity index (χ1) is 13.8. The number of benzene rings is 2. The molecule has 0 aliphatic carbocycles. The van der Waals surface area contributed by atoms with E-state index in [1.165, 1.54) is 29.6 Å². The molecule has 9 heteroatoms. The molecular weight excluding hydrogens is 462 g/mol. The summed E-state index contributed by atoms with van der Waals surface area (Å²) in [4.78, 5) is 12.3. The number of hydrogen-bond acceptors (Lipinski definition) is 6. The van der Waals surface area contributed by atoms with Gasteiger partial charge in [0.25, 0.3) is 0 Å². The summed E-state index contributed by atoms with van der Waals surface area (Å²) in [6.45, 7) is 4.31. The fraction of sp³-hybridized carbons (Fsp3) is 0.350. The minimum Gasteiger partial charge on any atom is -0.495 e. The predicted molar refractivity (Wildman–Crippen MR) is 113 cm³/mol. The highest BCUT2D eigenvalue weighted by Gasteiger charge is 2.27. The average Bonchev–Trinajstić information content (AvgIpc) is 2.71. The van der Waals surface area contributed by atoms with Crippen molar-refractivity contribution in [2.24, 2.45) is 0 Å². The van der Waals surface area contributed by atoms with Crippen molar-refractivity contribution in [2.75, 3.05) is 33.4 Å². The van der Waals surface area contributed by atoms with Crippen molar-refractivity contribution in [3.05, 3.63) is 52.5 Å². The summed E-state index contributed by atoms with van der Waals surface area (Å²) in [5.41, 5.74) is 0.124. The summed E-state index contributed by atoms with van der Waals surface area (Å²) in [5, 5.41) is 0. The fourth-order valence-corrected chi connectivity index (χ4v) is 4.66. The van der Waals surface area contributed by atoms with Gasteiger partial charge in [-0.15, -0.1) is 0 Å². The zero-order chi connectivity index (χ0) is 21.4. The Balaban J connectivity index is 2.09. The molecule has 0 spiro atoms. The van der Waals surface area contributed by atoms with E-state index in [0.717, 1.165) is 4.47 Å². The zero-order valence-corrected chi connectivity index (χ0v) is 19.0. The average molecular weight is 486 g/mol. The molecular formula is C20H24BrNO6S. The van der Waals surface area contributed by atoms with Crippen LogP contribution in [0.15, 0.2) is 51.8 Å². The number of hydrogen-bond donors (Lipinski definition) is 0. The molecule has 0 saturated carbocycles. The van der Waals surface area contributed by atoms with E-state index in [4.69, 9.17) is 14.2 Å². The van der Waals surface area contributed by atoms with E-state index in [-0.39, 0.29) is 29.4 Å². The third-order valence-corrected chi connectivity index (χ3v) is 6.67. The lowest BCUT2D eigenvalue weighted by Crippen LogP contribution is -2.31. The smallest absolute Gasteiger partial charge is 0.338 e. The second-order valence-electron chi connectivity index (χ2n) is 5.90. The maximum atomic E-state index is 12.9. The van der Waals surface area contributed by atoms with Gasteiger partial charge in [0.15, 0.2) is 0 Å². The third-order valence-electron chi connectivity index (χ3n) is 4.10. The first-order valence-electron chi connectivity index (χ1n) is 9.07. The fourth-order valence-electron chi connectivity index (χ4n) is 2.64. The Kier molecular flexibility index (Phi) is 8.48. The topological polar surface area (TPSA) is 82.1 Å². The molecule has 0 bridgehead atoms. The number of carbonyl (C=O) groups excluding carboxylic acids is 1. The molecule has 0 amide bonds. The van der Waals surface area contributed by atoms with Crippen LogP contribution < -0.4 is 9.47 Å². The molecule has 2 rings (SSSR count). The lowest BCUT2D eigenvalue weighted by molar-refractivity contribution is 0.0450. The van der Waals surface area contributed by atoms with Gasteiger partial charge in [0, 0.05) is 17.6 Å². The Labute approximate surface area is 179 Å². The van der Waals surface area contributed by atoms with Crippen molar-refractivity contribution >= 4 is 31.9 Å². The molecule has 0 N–H and O–H groups in total. The number of rotatable bonds is 10. The second-order valence-corrected chi connectivity index (χ2v) is 8.72. The van der Waals surface area contributed by atoms with Gasteiger partial charge in [-0.3, -0.25) is 0 Å². The lowest BCUT2D eigenvalue weighted by atomic mass is 10.2. The van der Waals surface area contributed by atoms with E-state index < -0.39 is 16.0 Å². The number of ether oxygens (including phenoxy) is 3. The SMILES string of the molecule is CCN(CC)S(=O)(=O)c1cc(C(=O)OCCOc2cccc(Br)c2)ccc1OC.